The number of carbonyl (C=O) groups is 2. The highest BCUT2D eigenvalue weighted by Gasteiger charge is 2.43. The van der Waals surface area contributed by atoms with Crippen LogP contribution in [0.25, 0.3) is 5.70 Å². The average molecular weight is 530 g/mol. The van der Waals surface area contributed by atoms with Gasteiger partial charge in [0.25, 0.3) is 0 Å². The van der Waals surface area contributed by atoms with Gasteiger partial charge in [0.05, 0.1) is 28.5 Å². The van der Waals surface area contributed by atoms with Crippen LogP contribution >= 0.6 is 0 Å². The van der Waals surface area contributed by atoms with Gasteiger partial charge in [-0.3, -0.25) is 10.2 Å². The van der Waals surface area contributed by atoms with Crippen molar-refractivity contribution in [1.82, 2.24) is 15.8 Å². The Morgan fingerprint density at radius 1 is 1.10 bits per heavy atom. The molecule has 39 heavy (non-hydrogen) atoms. The van der Waals surface area contributed by atoms with Crippen LogP contribution < -0.4 is 21.0 Å². The van der Waals surface area contributed by atoms with Crippen molar-refractivity contribution >= 4 is 28.9 Å². The lowest BCUT2D eigenvalue weighted by Gasteiger charge is -2.36. The summed E-state index contributed by atoms with van der Waals surface area (Å²) in [6.07, 6.45) is 1.90. The van der Waals surface area contributed by atoms with Gasteiger partial charge >= 0.3 is 6.03 Å². The van der Waals surface area contributed by atoms with Crippen molar-refractivity contribution in [3.05, 3.63) is 64.7 Å². The smallest absolute Gasteiger partial charge is 0.333 e. The van der Waals surface area contributed by atoms with Crippen molar-refractivity contribution in [3.63, 3.8) is 0 Å². The number of urea groups is 1. The van der Waals surface area contributed by atoms with E-state index >= 15 is 0 Å². The topological polar surface area (TPSA) is 111 Å². The van der Waals surface area contributed by atoms with Crippen molar-refractivity contribution in [1.29, 1.82) is 0 Å². The number of nitrogens with one attached hydrogen (secondary N) is 3. The molecule has 2 atom stereocenters. The number of rotatable bonds is 6. The summed E-state index contributed by atoms with van der Waals surface area (Å²) in [6, 6.07) is 12.9. The number of ketones is 1. The predicted molar refractivity (Wildman–Crippen MR) is 150 cm³/mol. The molecular weight excluding hydrogens is 494 g/mol. The number of amides is 2. The van der Waals surface area contributed by atoms with E-state index < -0.39 is 11.6 Å². The van der Waals surface area contributed by atoms with E-state index in [2.05, 4.69) is 43.3 Å². The summed E-state index contributed by atoms with van der Waals surface area (Å²) in [4.78, 5) is 29.2. The fourth-order valence-corrected chi connectivity index (χ4v) is 6.10. The molecule has 6 rings (SSSR count). The molecule has 3 aliphatic heterocycles. The molecule has 10 nitrogen and oxygen atoms in total. The highest BCUT2D eigenvalue weighted by Crippen LogP contribution is 2.49. The fourth-order valence-electron chi connectivity index (χ4n) is 6.10. The normalized spacial score (nSPS) is 22.8. The Morgan fingerprint density at radius 3 is 2.62 bits per heavy atom. The van der Waals surface area contributed by atoms with Crippen molar-refractivity contribution < 1.29 is 14.3 Å². The number of benzene rings is 2. The maximum absolute atomic E-state index is 13.8. The number of hydrazine groups is 1. The molecule has 0 aromatic heterocycles. The summed E-state index contributed by atoms with van der Waals surface area (Å²) in [7, 11) is 1.69. The zero-order valence-corrected chi connectivity index (χ0v) is 22.7. The Bertz CT molecular complexity index is 1350. The van der Waals surface area contributed by atoms with Gasteiger partial charge in [-0.15, -0.1) is 0 Å². The maximum atomic E-state index is 13.8. The summed E-state index contributed by atoms with van der Waals surface area (Å²) in [6.45, 7) is 8.66. The van der Waals surface area contributed by atoms with E-state index in [-0.39, 0.29) is 17.9 Å². The largest absolute Gasteiger partial charge is 0.377 e. The molecule has 3 N–H and O–H groups in total. The van der Waals surface area contributed by atoms with Crippen molar-refractivity contribution in [2.75, 3.05) is 50.1 Å². The van der Waals surface area contributed by atoms with Crippen LogP contribution in [0.2, 0.25) is 0 Å². The number of nitrogens with zero attached hydrogens (tertiary/aromatic N) is 4. The van der Waals surface area contributed by atoms with Gasteiger partial charge in [0.2, 0.25) is 0 Å². The van der Waals surface area contributed by atoms with Crippen LogP contribution in [-0.4, -0.2) is 68.3 Å². The quantitative estimate of drug-likeness (QED) is 0.519. The number of hydrogen-bond donors (Lipinski definition) is 3. The molecule has 2 amide bonds. The minimum atomic E-state index is -0.453. The Labute approximate surface area is 228 Å². The molecule has 0 spiro atoms. The molecular formula is C29H35N7O3. The zero-order chi connectivity index (χ0) is 27.1. The lowest BCUT2D eigenvalue weighted by Crippen LogP contribution is -2.54. The Hall–Kier alpha value is -3.60. The zero-order valence-electron chi connectivity index (χ0n) is 22.7. The number of anilines is 2. The van der Waals surface area contributed by atoms with Crippen molar-refractivity contribution in [2.24, 2.45) is 10.2 Å². The van der Waals surface area contributed by atoms with E-state index in [1.807, 2.05) is 43.1 Å². The summed E-state index contributed by atoms with van der Waals surface area (Å²) in [5, 5.41) is 17.1. The van der Waals surface area contributed by atoms with Gasteiger partial charge in [0.15, 0.2) is 5.78 Å². The molecule has 3 heterocycles. The highest BCUT2D eigenvalue weighted by molar-refractivity contribution is 6.22. The van der Waals surface area contributed by atoms with Gasteiger partial charge in [0.1, 0.15) is 11.7 Å². The molecule has 204 valence electrons. The molecule has 2 aromatic rings. The van der Waals surface area contributed by atoms with E-state index in [1.165, 1.54) is 0 Å². The van der Waals surface area contributed by atoms with Crippen LogP contribution in [0.1, 0.15) is 54.2 Å². The first-order valence-electron chi connectivity index (χ1n) is 13.7. The molecule has 0 radical (unpaired) electrons. The molecule has 4 aliphatic rings. The second-order valence-electron chi connectivity index (χ2n) is 11.0. The van der Waals surface area contributed by atoms with Crippen LogP contribution in [0.3, 0.4) is 0 Å². The van der Waals surface area contributed by atoms with E-state index in [9.17, 15) is 9.59 Å². The molecule has 2 saturated heterocycles. The van der Waals surface area contributed by atoms with Gasteiger partial charge in [-0.2, -0.15) is 10.2 Å². The van der Waals surface area contributed by atoms with Crippen LogP contribution in [0.4, 0.5) is 16.2 Å². The number of piperazine rings is 1. The van der Waals surface area contributed by atoms with Crippen LogP contribution in [0.15, 0.2) is 58.3 Å². The van der Waals surface area contributed by atoms with E-state index in [0.717, 1.165) is 62.4 Å². The van der Waals surface area contributed by atoms with Crippen LogP contribution in [0, 0.1) is 0 Å². The summed E-state index contributed by atoms with van der Waals surface area (Å²) < 4.78 is 5.67. The number of Topliss-reactive ketones (excluding diaryl/α,β-unsaturated/α-hetero) is 1. The van der Waals surface area contributed by atoms with E-state index in [4.69, 9.17) is 4.74 Å². The van der Waals surface area contributed by atoms with E-state index in [1.54, 1.807) is 13.2 Å². The fraction of sp³-hybridized carbons (Fsp3) is 0.448. The summed E-state index contributed by atoms with van der Waals surface area (Å²) >= 11 is 0. The number of methoxy groups -OCH3 is 1. The third-order valence-electron chi connectivity index (χ3n) is 8.36. The molecule has 2 aromatic carbocycles. The second kappa shape index (κ2) is 10.2. The number of hydrogen-bond acceptors (Lipinski definition) is 8. The van der Waals surface area contributed by atoms with Gasteiger partial charge in [-0.05, 0) is 50.5 Å². The Morgan fingerprint density at radius 2 is 1.87 bits per heavy atom. The van der Waals surface area contributed by atoms with E-state index in [0.29, 0.717) is 22.5 Å². The monoisotopic (exact) mass is 529 g/mol. The SMILES string of the molecule is COC(C)(C)[C@@H]1CCCN1NC(=O)Nc1cccc2c1C(=O)C1=C(c3ccc(N4CCNCC4)cc3)N=NC12. The number of ether oxygens (including phenoxy) is 1. The van der Waals surface area contributed by atoms with Crippen molar-refractivity contribution in [3.8, 4) is 0 Å². The molecule has 1 aliphatic carbocycles. The first-order chi connectivity index (χ1) is 18.9. The summed E-state index contributed by atoms with van der Waals surface area (Å²) in [5.41, 5.74) is 7.49. The third kappa shape index (κ3) is 4.62. The van der Waals surface area contributed by atoms with Gasteiger partial charge in [0, 0.05) is 51.1 Å². The average Bonchev–Trinajstić information content (AvgIpc) is 3.67. The minimum Gasteiger partial charge on any atom is -0.377 e. The highest BCUT2D eigenvalue weighted by atomic mass is 16.5. The molecule has 0 bridgehead atoms. The second-order valence-corrected chi connectivity index (χ2v) is 11.0. The molecule has 1 unspecified atom stereocenters. The van der Waals surface area contributed by atoms with Gasteiger partial charge in [-0.1, -0.05) is 24.3 Å². The minimum absolute atomic E-state index is 0.0572. The first-order valence-corrected chi connectivity index (χ1v) is 13.7. The summed E-state index contributed by atoms with van der Waals surface area (Å²) in [5.74, 6) is -0.142. The van der Waals surface area contributed by atoms with Gasteiger partial charge < -0.3 is 20.3 Å². The van der Waals surface area contributed by atoms with Gasteiger partial charge in [-0.25, -0.2) is 9.80 Å². The standard InChI is InChI=1S/C29H35N7O3/c1-29(2,39-3)22-8-5-15-36(22)34-28(38)31-21-7-4-6-20-23(21)27(37)24-25(32-33-26(20)24)18-9-11-19(12-10-18)35-16-13-30-14-17-35/h4,6-7,9-12,22,26,30H,5,8,13-17H2,1-3H3,(H2,31,34,38)/t22-,26?/m0/s1. The number of azo groups is 1. The first kappa shape index (κ1) is 25.7. The predicted octanol–water partition coefficient (Wildman–Crippen LogP) is 4.14. The molecule has 2 fully saturated rings. The Balaban J connectivity index is 1.22. The third-order valence-corrected chi connectivity index (χ3v) is 8.36. The van der Waals surface area contributed by atoms with Crippen molar-refractivity contribution in [2.45, 2.75) is 44.4 Å². The number of fused-ring (bicyclic) bond motifs is 3. The van der Waals surface area contributed by atoms with Crippen LogP contribution in [0.5, 0.6) is 0 Å². The Kier molecular flexibility index (Phi) is 6.70. The maximum Gasteiger partial charge on any atom is 0.333 e. The molecule has 10 heteroatoms. The lowest BCUT2D eigenvalue weighted by molar-refractivity contribution is -0.0485. The molecule has 0 saturated carbocycles. The van der Waals surface area contributed by atoms with Crippen LogP contribution in [-0.2, 0) is 4.74 Å². The lowest BCUT2D eigenvalue weighted by atomic mass is 9.97. The number of carbonyl (C=O) groups excluding carboxylic acids is 2.